The second-order valence-electron chi connectivity index (χ2n) is 5.97. The van der Waals surface area contributed by atoms with Crippen LogP contribution < -0.4 is 10.6 Å². The van der Waals surface area contributed by atoms with Crippen molar-refractivity contribution in [3.05, 3.63) is 40.5 Å². The molecule has 26 heavy (non-hydrogen) atoms. The zero-order valence-corrected chi connectivity index (χ0v) is 15.1. The van der Waals surface area contributed by atoms with Gasteiger partial charge in [-0.15, -0.1) is 0 Å². The summed E-state index contributed by atoms with van der Waals surface area (Å²) in [7, 11) is 0. The summed E-state index contributed by atoms with van der Waals surface area (Å²) in [4.78, 5) is 28.0. The van der Waals surface area contributed by atoms with Gasteiger partial charge < -0.3 is 15.7 Å². The standard InChI is InChI=1S/C10H16N2O3S.C6H6N4/c13-8(14)4-2-1-3-7-9-6(5-16-7)11-10(15)12-9;7-10-9-5-6-3-1-2-4-8-6/h6-7,9H,1-5H2,(H,13,14)(H2,11,12,15);1-4H,5H2/t6-,7-,9-;/m0./s1. The van der Waals surface area contributed by atoms with Gasteiger partial charge in [0.05, 0.1) is 18.6 Å². The van der Waals surface area contributed by atoms with Crippen LogP contribution in [-0.2, 0) is 11.3 Å². The molecule has 0 spiro atoms. The van der Waals surface area contributed by atoms with Gasteiger partial charge in [-0.2, -0.15) is 11.8 Å². The van der Waals surface area contributed by atoms with Crippen LogP contribution >= 0.6 is 11.8 Å². The molecule has 3 N–H and O–H groups in total. The number of nitrogens with zero attached hydrogens (tertiary/aromatic N) is 4. The first kappa shape index (κ1) is 19.9. The van der Waals surface area contributed by atoms with E-state index < -0.39 is 5.97 Å². The van der Waals surface area contributed by atoms with Crippen molar-refractivity contribution in [2.45, 2.75) is 49.6 Å². The SMILES string of the molecule is O=C(O)CCCC[C@@H]1SC[C@@H]2NC(=O)N[C@@H]21.[N-]=[N+]=NCc1ccccn1. The number of carbonyl (C=O) groups is 2. The van der Waals surface area contributed by atoms with Gasteiger partial charge in [-0.3, -0.25) is 9.78 Å². The maximum absolute atomic E-state index is 11.1. The molecule has 140 valence electrons. The van der Waals surface area contributed by atoms with E-state index in [2.05, 4.69) is 25.6 Å². The Morgan fingerprint density at radius 2 is 2.27 bits per heavy atom. The monoisotopic (exact) mass is 378 g/mol. The van der Waals surface area contributed by atoms with Gasteiger partial charge in [0.1, 0.15) is 0 Å². The third-order valence-corrected chi connectivity index (χ3v) is 5.60. The second kappa shape index (κ2) is 10.5. The lowest BCUT2D eigenvalue weighted by atomic mass is 10.0. The van der Waals surface area contributed by atoms with Crippen molar-refractivity contribution in [1.82, 2.24) is 15.6 Å². The third-order valence-electron chi connectivity index (χ3n) is 4.09. The van der Waals surface area contributed by atoms with Gasteiger partial charge in [-0.05, 0) is 30.5 Å². The minimum absolute atomic E-state index is 0.0640. The molecule has 0 bridgehead atoms. The molecule has 2 fully saturated rings. The number of hydrogen-bond acceptors (Lipinski definition) is 5. The Hall–Kier alpha value is -2.45. The molecule has 10 heteroatoms. The Labute approximate surface area is 155 Å². The van der Waals surface area contributed by atoms with Gasteiger partial charge in [0.2, 0.25) is 0 Å². The first-order chi connectivity index (χ1) is 12.6. The van der Waals surface area contributed by atoms with E-state index >= 15 is 0 Å². The molecule has 0 radical (unpaired) electrons. The molecule has 0 unspecified atom stereocenters. The van der Waals surface area contributed by atoms with Gasteiger partial charge in [-0.1, -0.05) is 17.6 Å². The van der Waals surface area contributed by atoms with Gasteiger partial charge in [0.15, 0.2) is 0 Å². The van der Waals surface area contributed by atoms with E-state index in [4.69, 9.17) is 10.6 Å². The molecular formula is C16H22N6O3S. The predicted octanol–water partition coefficient (Wildman–Crippen LogP) is 2.69. The number of urea groups is 1. The molecule has 0 aromatic carbocycles. The number of aromatic nitrogens is 1. The van der Waals surface area contributed by atoms with Crippen LogP contribution in [0.2, 0.25) is 0 Å². The number of hydrogen-bond donors (Lipinski definition) is 3. The molecule has 2 saturated heterocycles. The number of rotatable bonds is 7. The number of azide groups is 1. The molecule has 2 aliphatic heterocycles. The molecule has 2 aliphatic rings. The summed E-state index contributed by atoms with van der Waals surface area (Å²) >= 11 is 1.87. The zero-order chi connectivity index (χ0) is 18.8. The molecular weight excluding hydrogens is 356 g/mol. The van der Waals surface area contributed by atoms with E-state index in [1.54, 1.807) is 6.20 Å². The van der Waals surface area contributed by atoms with Crippen molar-refractivity contribution in [1.29, 1.82) is 0 Å². The predicted molar refractivity (Wildman–Crippen MR) is 98.7 cm³/mol. The number of aliphatic carboxylic acids is 1. The number of pyridine rings is 1. The number of amides is 2. The number of carbonyl (C=O) groups excluding carboxylic acids is 1. The Morgan fingerprint density at radius 1 is 1.42 bits per heavy atom. The normalized spacial score (nSPS) is 22.9. The zero-order valence-electron chi connectivity index (χ0n) is 14.2. The maximum atomic E-state index is 11.1. The highest BCUT2D eigenvalue weighted by molar-refractivity contribution is 8.00. The second-order valence-corrected chi connectivity index (χ2v) is 7.24. The van der Waals surface area contributed by atoms with E-state index in [0.29, 0.717) is 11.8 Å². The van der Waals surface area contributed by atoms with Crippen LogP contribution in [-0.4, -0.2) is 45.2 Å². The van der Waals surface area contributed by atoms with Crippen LogP contribution in [0.3, 0.4) is 0 Å². The quantitative estimate of drug-likeness (QED) is 0.220. The summed E-state index contributed by atoms with van der Waals surface area (Å²) in [6, 6.07) is 5.93. The number of carboxylic acid groups (broad SMARTS) is 1. The average molecular weight is 378 g/mol. The summed E-state index contributed by atoms with van der Waals surface area (Å²) < 4.78 is 0. The lowest BCUT2D eigenvalue weighted by Gasteiger charge is -2.16. The Bertz CT molecular complexity index is 653. The number of nitrogens with one attached hydrogen (secondary N) is 2. The summed E-state index contributed by atoms with van der Waals surface area (Å²) in [5.41, 5.74) is 8.75. The molecule has 3 heterocycles. The van der Waals surface area contributed by atoms with Crippen molar-refractivity contribution in [3.63, 3.8) is 0 Å². The first-order valence-corrected chi connectivity index (χ1v) is 9.46. The molecule has 9 nitrogen and oxygen atoms in total. The van der Waals surface area contributed by atoms with Gasteiger partial charge in [0, 0.05) is 34.2 Å². The fourth-order valence-electron chi connectivity index (χ4n) is 2.86. The van der Waals surface area contributed by atoms with Crippen molar-refractivity contribution in [2.24, 2.45) is 5.11 Å². The van der Waals surface area contributed by atoms with Crippen molar-refractivity contribution < 1.29 is 14.7 Å². The Morgan fingerprint density at radius 3 is 2.96 bits per heavy atom. The Kier molecular flexibility index (Phi) is 8.04. The summed E-state index contributed by atoms with van der Waals surface area (Å²) in [6.45, 7) is 0.331. The van der Waals surface area contributed by atoms with Gasteiger partial charge in [0.25, 0.3) is 0 Å². The van der Waals surface area contributed by atoms with Gasteiger partial charge in [-0.25, -0.2) is 4.79 Å². The minimum Gasteiger partial charge on any atom is -0.481 e. The number of fused-ring (bicyclic) bond motifs is 1. The molecule has 3 atom stereocenters. The van der Waals surface area contributed by atoms with Crippen LogP contribution in [0.5, 0.6) is 0 Å². The maximum Gasteiger partial charge on any atom is 0.315 e. The average Bonchev–Trinajstić information content (AvgIpc) is 3.18. The number of unbranched alkanes of at least 4 members (excludes halogenated alkanes) is 1. The lowest BCUT2D eigenvalue weighted by molar-refractivity contribution is -0.137. The highest BCUT2D eigenvalue weighted by atomic mass is 32.2. The van der Waals surface area contributed by atoms with E-state index in [1.807, 2.05) is 30.0 Å². The van der Waals surface area contributed by atoms with Crippen LogP contribution in [0.1, 0.15) is 31.4 Å². The van der Waals surface area contributed by atoms with E-state index in [9.17, 15) is 9.59 Å². The fraction of sp³-hybridized carbons (Fsp3) is 0.562. The number of carboxylic acids is 1. The summed E-state index contributed by atoms with van der Waals surface area (Å²) in [6.07, 6.45) is 4.55. The molecule has 3 rings (SSSR count). The van der Waals surface area contributed by atoms with Crippen LogP contribution in [0.15, 0.2) is 29.5 Å². The third kappa shape index (κ3) is 6.45. The smallest absolute Gasteiger partial charge is 0.315 e. The van der Waals surface area contributed by atoms with Crippen molar-refractivity contribution in [3.8, 4) is 0 Å². The topological polar surface area (TPSA) is 140 Å². The first-order valence-electron chi connectivity index (χ1n) is 8.41. The van der Waals surface area contributed by atoms with Gasteiger partial charge >= 0.3 is 12.0 Å². The van der Waals surface area contributed by atoms with E-state index in [1.165, 1.54) is 0 Å². The largest absolute Gasteiger partial charge is 0.481 e. The van der Waals surface area contributed by atoms with Crippen LogP contribution in [0, 0.1) is 0 Å². The minimum atomic E-state index is -0.729. The lowest BCUT2D eigenvalue weighted by Crippen LogP contribution is -2.36. The molecule has 0 aliphatic carbocycles. The van der Waals surface area contributed by atoms with E-state index in [0.717, 1.165) is 30.7 Å². The Balaban J connectivity index is 0.000000209. The molecule has 1 aromatic rings. The highest BCUT2D eigenvalue weighted by Crippen LogP contribution is 2.33. The van der Waals surface area contributed by atoms with E-state index in [-0.39, 0.29) is 24.5 Å². The fourth-order valence-corrected chi connectivity index (χ4v) is 4.40. The van der Waals surface area contributed by atoms with Crippen molar-refractivity contribution in [2.75, 3.05) is 5.75 Å². The molecule has 0 saturated carbocycles. The molecule has 2 amide bonds. The summed E-state index contributed by atoms with van der Waals surface area (Å²) in [5.74, 6) is 0.236. The van der Waals surface area contributed by atoms with Crippen LogP contribution in [0.4, 0.5) is 4.79 Å². The molecule has 1 aromatic heterocycles. The van der Waals surface area contributed by atoms with Crippen LogP contribution in [0.25, 0.3) is 10.4 Å². The number of thioether (sulfide) groups is 1. The summed E-state index contributed by atoms with van der Waals surface area (Å²) in [5, 5.41) is 18.1. The van der Waals surface area contributed by atoms with Crippen molar-refractivity contribution >= 4 is 23.8 Å². The highest BCUT2D eigenvalue weighted by Gasteiger charge is 2.42.